The standard InChI is InChI=1S/C10H17NO/c11-9-7-1-2-8(5-7)10(9)3-4-12-6-10/h7-9H,1-6,11H2/t7-,8+,9-,10?/m1/s1. The SMILES string of the molecule is N[C@@H]1[C@@H]2CC[C@@H](C2)C12CCOC2. The molecule has 0 aromatic carbocycles. The maximum absolute atomic E-state index is 6.28. The van der Waals surface area contributed by atoms with Gasteiger partial charge in [-0.2, -0.15) is 0 Å². The molecule has 2 aliphatic carbocycles. The first kappa shape index (κ1) is 7.34. The van der Waals surface area contributed by atoms with E-state index >= 15 is 0 Å². The fourth-order valence-corrected chi connectivity index (χ4v) is 3.79. The predicted molar refractivity (Wildman–Crippen MR) is 46.7 cm³/mol. The summed E-state index contributed by atoms with van der Waals surface area (Å²) < 4.78 is 5.53. The van der Waals surface area contributed by atoms with Gasteiger partial charge in [-0.25, -0.2) is 0 Å². The molecule has 2 heteroatoms. The summed E-state index contributed by atoms with van der Waals surface area (Å²) in [6.45, 7) is 1.91. The molecule has 2 saturated carbocycles. The summed E-state index contributed by atoms with van der Waals surface area (Å²) >= 11 is 0. The molecule has 0 amide bonds. The Morgan fingerprint density at radius 1 is 1.33 bits per heavy atom. The third-order valence-corrected chi connectivity index (χ3v) is 4.54. The largest absolute Gasteiger partial charge is 0.381 e. The van der Waals surface area contributed by atoms with Crippen molar-refractivity contribution in [2.45, 2.75) is 31.7 Å². The third-order valence-electron chi connectivity index (χ3n) is 4.54. The maximum Gasteiger partial charge on any atom is 0.0540 e. The van der Waals surface area contributed by atoms with Gasteiger partial charge < -0.3 is 10.5 Å². The molecule has 4 atom stereocenters. The highest BCUT2D eigenvalue weighted by Crippen LogP contribution is 2.58. The fraction of sp³-hybridized carbons (Fsp3) is 1.00. The van der Waals surface area contributed by atoms with E-state index in [-0.39, 0.29) is 0 Å². The second kappa shape index (κ2) is 2.24. The summed E-state index contributed by atoms with van der Waals surface area (Å²) in [6.07, 6.45) is 5.43. The molecule has 3 fully saturated rings. The number of hydrogen-bond acceptors (Lipinski definition) is 2. The summed E-state index contributed by atoms with van der Waals surface area (Å²) in [5, 5.41) is 0. The van der Waals surface area contributed by atoms with Crippen LogP contribution in [0.2, 0.25) is 0 Å². The van der Waals surface area contributed by atoms with Crippen LogP contribution in [-0.4, -0.2) is 19.3 Å². The van der Waals surface area contributed by atoms with E-state index < -0.39 is 0 Å². The molecule has 3 rings (SSSR count). The van der Waals surface area contributed by atoms with Gasteiger partial charge in [0.2, 0.25) is 0 Å². The van der Waals surface area contributed by atoms with Crippen LogP contribution in [0.4, 0.5) is 0 Å². The first-order valence-corrected chi connectivity index (χ1v) is 5.16. The summed E-state index contributed by atoms with van der Waals surface area (Å²) in [6, 6.07) is 0.457. The lowest BCUT2D eigenvalue weighted by atomic mass is 9.70. The Labute approximate surface area is 73.5 Å². The van der Waals surface area contributed by atoms with Crippen LogP contribution in [0.1, 0.15) is 25.7 Å². The topological polar surface area (TPSA) is 35.2 Å². The Morgan fingerprint density at radius 2 is 2.25 bits per heavy atom. The van der Waals surface area contributed by atoms with Crippen molar-refractivity contribution in [2.24, 2.45) is 23.0 Å². The average Bonchev–Trinajstić information content (AvgIpc) is 2.75. The van der Waals surface area contributed by atoms with Crippen molar-refractivity contribution in [3.05, 3.63) is 0 Å². The molecule has 0 aromatic rings. The van der Waals surface area contributed by atoms with Gasteiger partial charge >= 0.3 is 0 Å². The van der Waals surface area contributed by atoms with Crippen molar-refractivity contribution in [1.82, 2.24) is 0 Å². The minimum absolute atomic E-state index is 0.420. The lowest BCUT2D eigenvalue weighted by Crippen LogP contribution is -2.46. The molecule has 1 aliphatic heterocycles. The van der Waals surface area contributed by atoms with Crippen molar-refractivity contribution in [3.63, 3.8) is 0 Å². The Bertz CT molecular complexity index is 194. The van der Waals surface area contributed by atoms with Gasteiger partial charge in [0.15, 0.2) is 0 Å². The number of nitrogens with two attached hydrogens (primary N) is 1. The minimum atomic E-state index is 0.420. The summed E-state index contributed by atoms with van der Waals surface area (Å²) in [5.41, 5.74) is 6.70. The van der Waals surface area contributed by atoms with Crippen LogP contribution in [0.15, 0.2) is 0 Å². The predicted octanol–water partition coefficient (Wildman–Crippen LogP) is 1.15. The van der Waals surface area contributed by atoms with Gasteiger partial charge in [0.25, 0.3) is 0 Å². The molecule has 12 heavy (non-hydrogen) atoms. The second-order valence-electron chi connectivity index (χ2n) is 4.83. The Hall–Kier alpha value is -0.0800. The second-order valence-corrected chi connectivity index (χ2v) is 4.83. The lowest BCUT2D eigenvalue weighted by Gasteiger charge is -2.37. The molecular formula is C10H17NO. The van der Waals surface area contributed by atoms with E-state index in [1.54, 1.807) is 0 Å². The van der Waals surface area contributed by atoms with Gasteiger partial charge in [-0.05, 0) is 37.5 Å². The van der Waals surface area contributed by atoms with E-state index in [4.69, 9.17) is 10.5 Å². The van der Waals surface area contributed by atoms with E-state index in [1.165, 1.54) is 25.7 Å². The van der Waals surface area contributed by atoms with Gasteiger partial charge in [0.1, 0.15) is 0 Å². The Balaban J connectivity index is 1.94. The number of fused-ring (bicyclic) bond motifs is 3. The normalized spacial score (nSPS) is 57.2. The molecule has 2 bridgehead atoms. The molecular weight excluding hydrogens is 150 g/mol. The zero-order valence-corrected chi connectivity index (χ0v) is 7.46. The van der Waals surface area contributed by atoms with E-state index in [0.717, 1.165) is 25.0 Å². The Kier molecular flexibility index (Phi) is 1.37. The molecule has 1 spiro atoms. The number of rotatable bonds is 0. The first-order chi connectivity index (χ1) is 5.83. The number of hydrogen-bond donors (Lipinski definition) is 1. The van der Waals surface area contributed by atoms with Gasteiger partial charge in [0.05, 0.1) is 6.61 Å². The fourth-order valence-electron chi connectivity index (χ4n) is 3.79. The summed E-state index contributed by atoms with van der Waals surface area (Å²) in [4.78, 5) is 0. The molecule has 2 nitrogen and oxygen atoms in total. The van der Waals surface area contributed by atoms with Crippen LogP contribution in [0, 0.1) is 17.3 Å². The molecule has 2 N–H and O–H groups in total. The molecule has 1 saturated heterocycles. The number of ether oxygens (including phenoxy) is 1. The molecule has 0 radical (unpaired) electrons. The van der Waals surface area contributed by atoms with Crippen molar-refractivity contribution in [2.75, 3.05) is 13.2 Å². The van der Waals surface area contributed by atoms with Crippen LogP contribution in [0.3, 0.4) is 0 Å². The molecule has 1 unspecified atom stereocenters. The van der Waals surface area contributed by atoms with Crippen LogP contribution < -0.4 is 5.73 Å². The minimum Gasteiger partial charge on any atom is -0.381 e. The van der Waals surface area contributed by atoms with Gasteiger partial charge in [0, 0.05) is 18.1 Å². The Morgan fingerprint density at radius 3 is 2.83 bits per heavy atom. The van der Waals surface area contributed by atoms with Gasteiger partial charge in [-0.3, -0.25) is 0 Å². The van der Waals surface area contributed by atoms with Crippen LogP contribution >= 0.6 is 0 Å². The monoisotopic (exact) mass is 167 g/mol. The highest BCUT2D eigenvalue weighted by Gasteiger charge is 2.57. The quantitative estimate of drug-likeness (QED) is 0.587. The van der Waals surface area contributed by atoms with E-state index in [9.17, 15) is 0 Å². The smallest absolute Gasteiger partial charge is 0.0540 e. The van der Waals surface area contributed by atoms with Crippen LogP contribution in [0.5, 0.6) is 0 Å². The molecule has 1 heterocycles. The van der Waals surface area contributed by atoms with Crippen LogP contribution in [0.25, 0.3) is 0 Å². The van der Waals surface area contributed by atoms with Crippen molar-refractivity contribution >= 4 is 0 Å². The van der Waals surface area contributed by atoms with Gasteiger partial charge in [-0.15, -0.1) is 0 Å². The molecule has 3 aliphatic rings. The summed E-state index contributed by atoms with van der Waals surface area (Å²) in [5.74, 6) is 1.73. The molecule has 0 aromatic heterocycles. The zero-order valence-electron chi connectivity index (χ0n) is 7.46. The third kappa shape index (κ3) is 0.686. The first-order valence-electron chi connectivity index (χ1n) is 5.16. The van der Waals surface area contributed by atoms with E-state index in [0.29, 0.717) is 11.5 Å². The van der Waals surface area contributed by atoms with Gasteiger partial charge in [-0.1, -0.05) is 0 Å². The van der Waals surface area contributed by atoms with Crippen molar-refractivity contribution in [1.29, 1.82) is 0 Å². The maximum atomic E-state index is 6.28. The zero-order chi connectivity index (χ0) is 8.18. The van der Waals surface area contributed by atoms with E-state index in [2.05, 4.69) is 0 Å². The molecule has 68 valence electrons. The van der Waals surface area contributed by atoms with Crippen molar-refractivity contribution < 1.29 is 4.74 Å². The lowest BCUT2D eigenvalue weighted by molar-refractivity contribution is 0.0920. The van der Waals surface area contributed by atoms with Crippen LogP contribution in [-0.2, 0) is 4.74 Å². The van der Waals surface area contributed by atoms with Crippen molar-refractivity contribution in [3.8, 4) is 0 Å². The average molecular weight is 167 g/mol. The summed E-state index contributed by atoms with van der Waals surface area (Å²) in [7, 11) is 0. The van der Waals surface area contributed by atoms with E-state index in [1.807, 2.05) is 0 Å². The highest BCUT2D eigenvalue weighted by atomic mass is 16.5. The highest BCUT2D eigenvalue weighted by molar-refractivity contribution is 5.09.